The van der Waals surface area contributed by atoms with Crippen LogP contribution in [0.25, 0.3) is 0 Å². The lowest BCUT2D eigenvalue weighted by atomic mass is 10.2. The minimum atomic E-state index is -0.149. The molecule has 0 saturated carbocycles. The molecule has 0 aromatic heterocycles. The monoisotopic (exact) mass is 300 g/mol. The van der Waals surface area contributed by atoms with Crippen molar-refractivity contribution in [3.8, 4) is 0 Å². The van der Waals surface area contributed by atoms with Crippen LogP contribution in [-0.2, 0) is 0 Å². The summed E-state index contributed by atoms with van der Waals surface area (Å²) < 4.78 is 14.6. The molecule has 2 nitrogen and oxygen atoms in total. The van der Waals surface area contributed by atoms with E-state index in [1.54, 1.807) is 0 Å². The lowest BCUT2D eigenvalue weighted by Crippen LogP contribution is -2.37. The van der Waals surface area contributed by atoms with Gasteiger partial charge in [-0.1, -0.05) is 29.8 Å². The Bertz CT molecular complexity index is 395. The van der Waals surface area contributed by atoms with Gasteiger partial charge in [0.05, 0.1) is 5.69 Å². The smallest absolute Gasteiger partial charge is 0.147 e. The van der Waals surface area contributed by atoms with Gasteiger partial charge in [0.15, 0.2) is 0 Å². The molecule has 0 aliphatic carbocycles. The van der Waals surface area contributed by atoms with Crippen molar-refractivity contribution in [2.75, 3.05) is 18.0 Å². The van der Waals surface area contributed by atoms with Crippen LogP contribution in [0.1, 0.15) is 20.3 Å². The van der Waals surface area contributed by atoms with E-state index in [2.05, 4.69) is 40.0 Å². The molecule has 1 aliphatic heterocycles. The molecular weight excluding hydrogens is 283 g/mol. The molecule has 94 valence electrons. The zero-order chi connectivity index (χ0) is 12.4. The molecule has 1 aliphatic rings. The molecule has 1 aromatic rings. The van der Waals surface area contributed by atoms with Crippen LogP contribution in [0.3, 0.4) is 0 Å². The Morgan fingerprint density at radius 2 is 2.24 bits per heavy atom. The van der Waals surface area contributed by atoms with Crippen molar-refractivity contribution in [3.05, 3.63) is 28.5 Å². The highest BCUT2D eigenvalue weighted by Gasteiger charge is 2.24. The molecule has 0 amide bonds. The third kappa shape index (κ3) is 3.19. The molecule has 17 heavy (non-hydrogen) atoms. The summed E-state index contributed by atoms with van der Waals surface area (Å²) in [6, 6.07) is 6.21. The number of halogens is 2. The zero-order valence-corrected chi connectivity index (χ0v) is 11.8. The molecule has 0 bridgehead atoms. The second kappa shape index (κ2) is 5.36. The molecule has 1 aromatic carbocycles. The van der Waals surface area contributed by atoms with Crippen molar-refractivity contribution in [1.82, 2.24) is 5.32 Å². The van der Waals surface area contributed by atoms with Crippen molar-refractivity contribution >= 4 is 21.6 Å². The summed E-state index contributed by atoms with van der Waals surface area (Å²) in [6.07, 6.45) is 1.08. The van der Waals surface area contributed by atoms with E-state index in [0.29, 0.717) is 17.8 Å². The highest BCUT2D eigenvalue weighted by molar-refractivity contribution is 9.10. The van der Waals surface area contributed by atoms with Crippen molar-refractivity contribution < 1.29 is 4.39 Å². The van der Waals surface area contributed by atoms with E-state index >= 15 is 0 Å². The van der Waals surface area contributed by atoms with Gasteiger partial charge in [-0.25, -0.2) is 4.39 Å². The fraction of sp³-hybridized carbons (Fsp3) is 0.538. The molecule has 2 rings (SSSR count). The van der Waals surface area contributed by atoms with E-state index < -0.39 is 0 Å². The summed E-state index contributed by atoms with van der Waals surface area (Å²) in [5.74, 6) is -0.149. The number of nitrogens with zero attached hydrogens (tertiary/aromatic N) is 1. The maximum atomic E-state index is 13.8. The molecule has 0 spiro atoms. The topological polar surface area (TPSA) is 15.3 Å². The van der Waals surface area contributed by atoms with Crippen LogP contribution in [0.2, 0.25) is 0 Å². The van der Waals surface area contributed by atoms with E-state index in [1.165, 1.54) is 6.07 Å². The van der Waals surface area contributed by atoms with E-state index in [9.17, 15) is 4.39 Å². The Labute approximate surface area is 110 Å². The Kier molecular flexibility index (Phi) is 4.05. The summed E-state index contributed by atoms with van der Waals surface area (Å²) in [6.45, 7) is 6.09. The first kappa shape index (κ1) is 12.8. The second-order valence-electron chi connectivity index (χ2n) is 4.85. The highest BCUT2D eigenvalue weighted by Crippen LogP contribution is 2.26. The fourth-order valence-corrected chi connectivity index (χ4v) is 2.66. The number of anilines is 1. The lowest BCUT2D eigenvalue weighted by molar-refractivity contribution is 0.491. The minimum absolute atomic E-state index is 0.149. The van der Waals surface area contributed by atoms with Gasteiger partial charge < -0.3 is 10.2 Å². The standard InChI is InChI=1S/C13H18BrFN2/c1-9(2)16-11-5-6-17(8-11)13-4-3-10(14)7-12(13)15/h3-4,7,9,11,16H,5-6,8H2,1-2H3. The minimum Gasteiger partial charge on any atom is -0.368 e. The normalized spacial score (nSPS) is 20.3. The lowest BCUT2D eigenvalue weighted by Gasteiger charge is -2.20. The van der Waals surface area contributed by atoms with E-state index in [0.717, 1.165) is 24.0 Å². The van der Waals surface area contributed by atoms with Crippen LogP contribution in [0, 0.1) is 5.82 Å². The molecule has 1 N–H and O–H groups in total. The first-order chi connectivity index (χ1) is 8.06. The number of hydrogen-bond acceptors (Lipinski definition) is 2. The summed E-state index contributed by atoms with van der Waals surface area (Å²) in [5.41, 5.74) is 0.709. The summed E-state index contributed by atoms with van der Waals surface area (Å²) in [7, 11) is 0. The van der Waals surface area contributed by atoms with Gasteiger partial charge in [-0.15, -0.1) is 0 Å². The third-order valence-corrected chi connectivity index (χ3v) is 3.50. The number of nitrogens with one attached hydrogen (secondary N) is 1. The quantitative estimate of drug-likeness (QED) is 0.922. The van der Waals surface area contributed by atoms with Crippen molar-refractivity contribution in [1.29, 1.82) is 0 Å². The van der Waals surface area contributed by atoms with Crippen LogP contribution >= 0.6 is 15.9 Å². The van der Waals surface area contributed by atoms with Crippen molar-refractivity contribution in [2.24, 2.45) is 0 Å². The van der Waals surface area contributed by atoms with Crippen LogP contribution in [0.15, 0.2) is 22.7 Å². The van der Waals surface area contributed by atoms with Gasteiger partial charge in [0.25, 0.3) is 0 Å². The Morgan fingerprint density at radius 1 is 1.47 bits per heavy atom. The maximum Gasteiger partial charge on any atom is 0.147 e. The Morgan fingerprint density at radius 3 is 2.88 bits per heavy atom. The first-order valence-corrected chi connectivity index (χ1v) is 6.81. The van der Waals surface area contributed by atoms with Gasteiger partial charge in [-0.2, -0.15) is 0 Å². The SMILES string of the molecule is CC(C)NC1CCN(c2ccc(Br)cc2F)C1. The number of rotatable bonds is 3. The van der Waals surface area contributed by atoms with Crippen LogP contribution in [0.5, 0.6) is 0 Å². The first-order valence-electron chi connectivity index (χ1n) is 6.02. The largest absolute Gasteiger partial charge is 0.368 e. The maximum absolute atomic E-state index is 13.8. The Hall–Kier alpha value is -0.610. The zero-order valence-electron chi connectivity index (χ0n) is 10.2. The fourth-order valence-electron chi connectivity index (χ4n) is 2.32. The molecule has 1 fully saturated rings. The summed E-state index contributed by atoms with van der Waals surface area (Å²) in [4.78, 5) is 2.11. The molecule has 1 heterocycles. The second-order valence-corrected chi connectivity index (χ2v) is 5.76. The van der Waals surface area contributed by atoms with E-state index in [-0.39, 0.29) is 5.82 Å². The van der Waals surface area contributed by atoms with Gasteiger partial charge >= 0.3 is 0 Å². The average molecular weight is 301 g/mol. The van der Waals surface area contributed by atoms with Gasteiger partial charge in [0.2, 0.25) is 0 Å². The van der Waals surface area contributed by atoms with Gasteiger partial charge in [-0.3, -0.25) is 0 Å². The number of benzene rings is 1. The Balaban J connectivity index is 2.05. The predicted molar refractivity (Wildman–Crippen MR) is 73.0 cm³/mol. The van der Waals surface area contributed by atoms with Crippen molar-refractivity contribution in [3.63, 3.8) is 0 Å². The van der Waals surface area contributed by atoms with E-state index in [1.807, 2.05) is 12.1 Å². The van der Waals surface area contributed by atoms with Crippen molar-refractivity contribution in [2.45, 2.75) is 32.4 Å². The predicted octanol–water partition coefficient (Wildman–Crippen LogP) is 3.16. The molecule has 1 unspecified atom stereocenters. The summed E-state index contributed by atoms with van der Waals surface area (Å²) in [5, 5.41) is 3.50. The summed E-state index contributed by atoms with van der Waals surface area (Å²) >= 11 is 3.28. The average Bonchev–Trinajstić information content (AvgIpc) is 2.65. The highest BCUT2D eigenvalue weighted by atomic mass is 79.9. The molecule has 0 radical (unpaired) electrons. The van der Waals surface area contributed by atoms with Gasteiger partial charge in [0, 0.05) is 29.6 Å². The van der Waals surface area contributed by atoms with Crippen LogP contribution in [0.4, 0.5) is 10.1 Å². The van der Waals surface area contributed by atoms with Crippen LogP contribution < -0.4 is 10.2 Å². The van der Waals surface area contributed by atoms with Gasteiger partial charge in [0.1, 0.15) is 5.82 Å². The molecule has 1 atom stereocenters. The molecule has 4 heteroatoms. The third-order valence-electron chi connectivity index (χ3n) is 3.01. The molecular formula is C13H18BrFN2. The molecule has 1 saturated heterocycles. The van der Waals surface area contributed by atoms with E-state index in [4.69, 9.17) is 0 Å². The van der Waals surface area contributed by atoms with Gasteiger partial charge in [-0.05, 0) is 24.6 Å². The van der Waals surface area contributed by atoms with Crippen LogP contribution in [-0.4, -0.2) is 25.2 Å². The number of hydrogen-bond donors (Lipinski definition) is 1.